The summed E-state index contributed by atoms with van der Waals surface area (Å²) in [5, 5.41) is 0. The summed E-state index contributed by atoms with van der Waals surface area (Å²) in [5.74, 6) is 0.645. The van der Waals surface area contributed by atoms with Gasteiger partial charge in [-0.05, 0) is 37.5 Å². The first-order valence-corrected chi connectivity index (χ1v) is 7.56. The highest BCUT2D eigenvalue weighted by Crippen LogP contribution is 2.28. The van der Waals surface area contributed by atoms with Crippen molar-refractivity contribution >= 4 is 5.91 Å². The molecular formula is C19H21NO. The molecule has 1 fully saturated rings. The first-order valence-electron chi connectivity index (χ1n) is 7.56. The van der Waals surface area contributed by atoms with Crippen molar-refractivity contribution in [2.75, 3.05) is 13.1 Å². The summed E-state index contributed by atoms with van der Waals surface area (Å²) >= 11 is 0. The standard InChI is InChI=1S/C19H21NO/c1-14-8-9-18(15(2)12-14)19(21)20-11-10-17(13-20)16-6-4-3-5-7-16/h3-9,12,17H,10-11,13H2,1-2H3. The summed E-state index contributed by atoms with van der Waals surface area (Å²) in [7, 11) is 0. The number of carbonyl (C=O) groups excluding carboxylic acids is 1. The lowest BCUT2D eigenvalue weighted by Crippen LogP contribution is -2.29. The van der Waals surface area contributed by atoms with Gasteiger partial charge in [-0.2, -0.15) is 0 Å². The summed E-state index contributed by atoms with van der Waals surface area (Å²) < 4.78 is 0. The van der Waals surface area contributed by atoms with E-state index in [4.69, 9.17) is 0 Å². The topological polar surface area (TPSA) is 20.3 Å². The van der Waals surface area contributed by atoms with E-state index >= 15 is 0 Å². The fourth-order valence-corrected chi connectivity index (χ4v) is 3.17. The van der Waals surface area contributed by atoms with Gasteiger partial charge in [0, 0.05) is 24.6 Å². The highest BCUT2D eigenvalue weighted by atomic mass is 16.2. The van der Waals surface area contributed by atoms with Gasteiger partial charge in [0.15, 0.2) is 0 Å². The molecule has 3 rings (SSSR count). The molecule has 1 unspecified atom stereocenters. The van der Waals surface area contributed by atoms with Gasteiger partial charge >= 0.3 is 0 Å². The Kier molecular flexibility index (Phi) is 3.78. The molecule has 0 aromatic heterocycles. The van der Waals surface area contributed by atoms with Crippen molar-refractivity contribution in [3.8, 4) is 0 Å². The lowest BCUT2D eigenvalue weighted by molar-refractivity contribution is 0.0790. The number of hydrogen-bond acceptors (Lipinski definition) is 1. The number of nitrogens with zero attached hydrogens (tertiary/aromatic N) is 1. The van der Waals surface area contributed by atoms with E-state index < -0.39 is 0 Å². The summed E-state index contributed by atoms with van der Waals surface area (Å²) in [4.78, 5) is 14.7. The Morgan fingerprint density at radius 2 is 1.86 bits per heavy atom. The van der Waals surface area contributed by atoms with Crippen LogP contribution in [0.4, 0.5) is 0 Å². The summed E-state index contributed by atoms with van der Waals surface area (Å²) in [5.41, 5.74) is 4.46. The molecule has 2 aromatic rings. The molecule has 1 amide bonds. The van der Waals surface area contributed by atoms with Gasteiger partial charge in [0.05, 0.1) is 0 Å². The number of aryl methyl sites for hydroxylation is 2. The van der Waals surface area contributed by atoms with Crippen LogP contribution in [0.25, 0.3) is 0 Å². The van der Waals surface area contributed by atoms with Crippen molar-refractivity contribution in [3.63, 3.8) is 0 Å². The number of hydrogen-bond donors (Lipinski definition) is 0. The Hall–Kier alpha value is -2.09. The van der Waals surface area contributed by atoms with Gasteiger partial charge < -0.3 is 4.90 Å². The van der Waals surface area contributed by atoms with Crippen LogP contribution in [0.15, 0.2) is 48.5 Å². The third-order valence-electron chi connectivity index (χ3n) is 4.36. The van der Waals surface area contributed by atoms with Gasteiger partial charge in [0.25, 0.3) is 5.91 Å². The minimum atomic E-state index is 0.172. The third kappa shape index (κ3) is 2.85. The molecule has 0 bridgehead atoms. The molecule has 108 valence electrons. The molecule has 0 saturated carbocycles. The van der Waals surface area contributed by atoms with Gasteiger partial charge in [0.2, 0.25) is 0 Å². The predicted molar refractivity (Wildman–Crippen MR) is 85.6 cm³/mol. The predicted octanol–water partition coefficient (Wildman–Crippen LogP) is 3.93. The van der Waals surface area contributed by atoms with Crippen LogP contribution in [0.5, 0.6) is 0 Å². The van der Waals surface area contributed by atoms with E-state index in [9.17, 15) is 4.79 Å². The molecule has 1 heterocycles. The maximum atomic E-state index is 12.7. The van der Waals surface area contributed by atoms with Crippen molar-refractivity contribution in [2.45, 2.75) is 26.2 Å². The van der Waals surface area contributed by atoms with E-state index in [0.717, 1.165) is 30.6 Å². The quantitative estimate of drug-likeness (QED) is 0.815. The van der Waals surface area contributed by atoms with Gasteiger partial charge in [0.1, 0.15) is 0 Å². The third-order valence-corrected chi connectivity index (χ3v) is 4.36. The van der Waals surface area contributed by atoms with Gasteiger partial charge in [-0.15, -0.1) is 0 Å². The Bertz CT molecular complexity index is 648. The van der Waals surface area contributed by atoms with Crippen LogP contribution in [0, 0.1) is 13.8 Å². The Labute approximate surface area is 126 Å². The Morgan fingerprint density at radius 1 is 1.10 bits per heavy atom. The second-order valence-electron chi connectivity index (χ2n) is 5.97. The van der Waals surface area contributed by atoms with Gasteiger partial charge in [-0.1, -0.05) is 48.0 Å². The largest absolute Gasteiger partial charge is 0.338 e. The maximum absolute atomic E-state index is 12.7. The average molecular weight is 279 g/mol. The first-order chi connectivity index (χ1) is 10.1. The molecule has 0 N–H and O–H groups in total. The van der Waals surface area contributed by atoms with E-state index in [1.807, 2.05) is 30.0 Å². The van der Waals surface area contributed by atoms with Crippen molar-refractivity contribution in [1.82, 2.24) is 4.90 Å². The van der Waals surface area contributed by atoms with E-state index in [0.29, 0.717) is 5.92 Å². The first kappa shape index (κ1) is 13.9. The lowest BCUT2D eigenvalue weighted by Gasteiger charge is -2.18. The molecule has 1 aliphatic rings. The smallest absolute Gasteiger partial charge is 0.254 e. The van der Waals surface area contributed by atoms with Crippen molar-refractivity contribution in [1.29, 1.82) is 0 Å². The second-order valence-corrected chi connectivity index (χ2v) is 5.97. The fourth-order valence-electron chi connectivity index (χ4n) is 3.17. The molecule has 21 heavy (non-hydrogen) atoms. The number of benzene rings is 2. The molecular weight excluding hydrogens is 258 g/mol. The number of likely N-dealkylation sites (tertiary alicyclic amines) is 1. The van der Waals surface area contributed by atoms with E-state index in [1.54, 1.807) is 0 Å². The van der Waals surface area contributed by atoms with Crippen LogP contribution < -0.4 is 0 Å². The number of rotatable bonds is 2. The van der Waals surface area contributed by atoms with Crippen LogP contribution in [0.3, 0.4) is 0 Å². The van der Waals surface area contributed by atoms with Gasteiger partial charge in [-0.3, -0.25) is 4.79 Å². The Balaban J connectivity index is 1.75. The highest BCUT2D eigenvalue weighted by Gasteiger charge is 2.28. The fraction of sp³-hybridized carbons (Fsp3) is 0.316. The highest BCUT2D eigenvalue weighted by molar-refractivity contribution is 5.96. The summed E-state index contributed by atoms with van der Waals surface area (Å²) in [6.45, 7) is 5.76. The van der Waals surface area contributed by atoms with Crippen LogP contribution in [-0.2, 0) is 0 Å². The van der Waals surface area contributed by atoms with Gasteiger partial charge in [-0.25, -0.2) is 0 Å². The second kappa shape index (κ2) is 5.72. The summed E-state index contributed by atoms with van der Waals surface area (Å²) in [6.07, 6.45) is 1.06. The van der Waals surface area contributed by atoms with Crippen molar-refractivity contribution in [2.24, 2.45) is 0 Å². The molecule has 2 aromatic carbocycles. The monoisotopic (exact) mass is 279 g/mol. The van der Waals surface area contributed by atoms with Crippen molar-refractivity contribution < 1.29 is 4.79 Å². The Morgan fingerprint density at radius 3 is 2.57 bits per heavy atom. The lowest BCUT2D eigenvalue weighted by atomic mass is 9.99. The molecule has 0 spiro atoms. The number of amides is 1. The minimum absolute atomic E-state index is 0.172. The summed E-state index contributed by atoms with van der Waals surface area (Å²) in [6, 6.07) is 16.6. The molecule has 1 saturated heterocycles. The number of carbonyl (C=O) groups is 1. The minimum Gasteiger partial charge on any atom is -0.338 e. The zero-order valence-corrected chi connectivity index (χ0v) is 12.7. The van der Waals surface area contributed by atoms with E-state index in [2.05, 4.69) is 37.3 Å². The normalized spacial score (nSPS) is 18.0. The maximum Gasteiger partial charge on any atom is 0.254 e. The molecule has 0 radical (unpaired) electrons. The van der Waals surface area contributed by atoms with Crippen LogP contribution in [0.1, 0.15) is 39.4 Å². The zero-order valence-electron chi connectivity index (χ0n) is 12.7. The van der Waals surface area contributed by atoms with Crippen LogP contribution >= 0.6 is 0 Å². The molecule has 1 aliphatic heterocycles. The molecule has 1 atom stereocenters. The molecule has 0 aliphatic carbocycles. The van der Waals surface area contributed by atoms with E-state index in [1.165, 1.54) is 11.1 Å². The average Bonchev–Trinajstić information content (AvgIpc) is 2.97. The van der Waals surface area contributed by atoms with Crippen LogP contribution in [0.2, 0.25) is 0 Å². The van der Waals surface area contributed by atoms with Crippen LogP contribution in [-0.4, -0.2) is 23.9 Å². The molecule has 2 heteroatoms. The zero-order chi connectivity index (χ0) is 14.8. The molecule has 2 nitrogen and oxygen atoms in total. The SMILES string of the molecule is Cc1ccc(C(=O)N2CCC(c3ccccc3)C2)c(C)c1. The van der Waals surface area contributed by atoms with E-state index in [-0.39, 0.29) is 5.91 Å². The van der Waals surface area contributed by atoms with Crippen molar-refractivity contribution in [3.05, 3.63) is 70.8 Å².